The maximum Gasteiger partial charge on any atom is 0.275 e. The van der Waals surface area contributed by atoms with E-state index in [9.17, 15) is 4.79 Å². The largest absolute Gasteiger partial charge is 0.382 e. The van der Waals surface area contributed by atoms with E-state index in [1.807, 2.05) is 19.9 Å². The van der Waals surface area contributed by atoms with Gasteiger partial charge in [0.2, 0.25) is 0 Å². The van der Waals surface area contributed by atoms with Crippen LogP contribution in [0.4, 0.5) is 11.5 Å². The third kappa shape index (κ3) is 3.54. The van der Waals surface area contributed by atoms with Gasteiger partial charge >= 0.3 is 0 Å². The van der Waals surface area contributed by atoms with Gasteiger partial charge in [-0.15, -0.1) is 0 Å². The normalized spacial score (nSPS) is 10.5. The number of nitrogens with one attached hydrogen (secondary N) is 2. The van der Waals surface area contributed by atoms with Crippen molar-refractivity contribution in [3.63, 3.8) is 0 Å². The minimum Gasteiger partial charge on any atom is -0.382 e. The Balaban J connectivity index is 2.03. The summed E-state index contributed by atoms with van der Waals surface area (Å²) >= 11 is 0. The van der Waals surface area contributed by atoms with E-state index in [1.165, 1.54) is 0 Å². The lowest BCUT2D eigenvalue weighted by Gasteiger charge is -2.09. The maximum absolute atomic E-state index is 11.9. The van der Waals surface area contributed by atoms with Gasteiger partial charge in [0.1, 0.15) is 11.5 Å². The lowest BCUT2D eigenvalue weighted by Crippen LogP contribution is -2.15. The van der Waals surface area contributed by atoms with Gasteiger partial charge in [0.15, 0.2) is 5.82 Å². The van der Waals surface area contributed by atoms with Crippen LogP contribution in [0.1, 0.15) is 30.1 Å². The first kappa shape index (κ1) is 13.1. The highest BCUT2D eigenvalue weighted by Gasteiger charge is 2.10. The molecule has 0 aliphatic heterocycles. The van der Waals surface area contributed by atoms with E-state index in [4.69, 9.17) is 4.52 Å². The van der Waals surface area contributed by atoms with Crippen molar-refractivity contribution in [1.29, 1.82) is 0 Å². The Morgan fingerprint density at radius 2 is 2.16 bits per heavy atom. The number of rotatable bonds is 4. The van der Waals surface area contributed by atoms with Gasteiger partial charge in [-0.1, -0.05) is 5.16 Å². The molecule has 1 amide bonds. The van der Waals surface area contributed by atoms with Gasteiger partial charge < -0.3 is 15.2 Å². The minimum atomic E-state index is -0.315. The van der Waals surface area contributed by atoms with Gasteiger partial charge in [-0.2, -0.15) is 0 Å². The second-order valence-electron chi connectivity index (χ2n) is 4.51. The monoisotopic (exact) mass is 260 g/mol. The fourth-order valence-corrected chi connectivity index (χ4v) is 1.55. The van der Waals surface area contributed by atoms with Gasteiger partial charge in [-0.25, -0.2) is 4.98 Å². The number of aromatic nitrogens is 2. The smallest absolute Gasteiger partial charge is 0.275 e. The highest BCUT2D eigenvalue weighted by atomic mass is 16.5. The van der Waals surface area contributed by atoms with Crippen LogP contribution in [0.2, 0.25) is 0 Å². The molecule has 0 aliphatic carbocycles. The molecule has 0 unspecified atom stereocenters. The van der Waals surface area contributed by atoms with Crippen LogP contribution in [-0.4, -0.2) is 22.1 Å². The first-order valence-corrected chi connectivity index (χ1v) is 6.02. The number of carbonyl (C=O) groups is 1. The zero-order chi connectivity index (χ0) is 13.8. The predicted octanol–water partition coefficient (Wildman–Crippen LogP) is 2.45. The zero-order valence-electron chi connectivity index (χ0n) is 11.1. The number of hydrogen-bond acceptors (Lipinski definition) is 5. The maximum atomic E-state index is 11.9. The highest BCUT2D eigenvalue weighted by molar-refractivity contribution is 6.02. The lowest BCUT2D eigenvalue weighted by molar-refractivity contribution is 0.102. The van der Waals surface area contributed by atoms with Gasteiger partial charge in [-0.05, 0) is 32.9 Å². The number of hydrogen-bond donors (Lipinski definition) is 2. The molecular formula is C13H16N4O2. The van der Waals surface area contributed by atoms with Crippen LogP contribution in [0, 0.1) is 6.92 Å². The fourth-order valence-electron chi connectivity index (χ4n) is 1.55. The standard InChI is InChI=1S/C13H16N4O2/c1-8(2)15-10-4-5-11(14-7-10)13(18)16-12-6-9(3)19-17-12/h4-8,15H,1-3H3,(H,16,17,18). The molecule has 2 rings (SSSR count). The SMILES string of the molecule is Cc1cc(NC(=O)c2ccc(NC(C)C)cn2)no1. The molecular weight excluding hydrogens is 244 g/mol. The molecule has 2 N–H and O–H groups in total. The molecule has 100 valence electrons. The van der Waals surface area contributed by atoms with E-state index in [-0.39, 0.29) is 5.91 Å². The van der Waals surface area contributed by atoms with Gasteiger partial charge in [-0.3, -0.25) is 4.79 Å². The Bertz CT molecular complexity index is 560. The molecule has 0 spiro atoms. The van der Waals surface area contributed by atoms with Crippen LogP contribution < -0.4 is 10.6 Å². The second kappa shape index (κ2) is 5.51. The van der Waals surface area contributed by atoms with Gasteiger partial charge in [0, 0.05) is 12.1 Å². The summed E-state index contributed by atoms with van der Waals surface area (Å²) in [5.41, 5.74) is 1.21. The molecule has 0 aromatic carbocycles. The van der Waals surface area contributed by atoms with Gasteiger partial charge in [0.25, 0.3) is 5.91 Å². The molecule has 19 heavy (non-hydrogen) atoms. The molecule has 0 atom stereocenters. The summed E-state index contributed by atoms with van der Waals surface area (Å²) in [5, 5.41) is 9.51. The molecule has 2 aromatic rings. The van der Waals surface area contributed by atoms with Crippen molar-refractivity contribution in [3.05, 3.63) is 35.9 Å². The Hall–Kier alpha value is -2.37. The van der Waals surface area contributed by atoms with E-state index in [2.05, 4.69) is 20.8 Å². The third-order valence-corrected chi connectivity index (χ3v) is 2.32. The van der Waals surface area contributed by atoms with Crippen molar-refractivity contribution in [2.24, 2.45) is 0 Å². The topological polar surface area (TPSA) is 80.0 Å². The molecule has 0 aliphatic rings. The summed E-state index contributed by atoms with van der Waals surface area (Å²) in [6, 6.07) is 5.44. The number of pyridine rings is 1. The van der Waals surface area contributed by atoms with Crippen LogP contribution in [0.15, 0.2) is 28.9 Å². The molecule has 0 fully saturated rings. The summed E-state index contributed by atoms with van der Waals surface area (Å²) in [7, 11) is 0. The second-order valence-corrected chi connectivity index (χ2v) is 4.51. The van der Waals surface area contributed by atoms with E-state index in [0.29, 0.717) is 23.3 Å². The van der Waals surface area contributed by atoms with E-state index >= 15 is 0 Å². The quantitative estimate of drug-likeness (QED) is 0.882. The number of aryl methyl sites for hydroxylation is 1. The third-order valence-electron chi connectivity index (χ3n) is 2.32. The fraction of sp³-hybridized carbons (Fsp3) is 0.308. The Kier molecular flexibility index (Phi) is 3.79. The average Bonchev–Trinajstić information content (AvgIpc) is 2.75. The highest BCUT2D eigenvalue weighted by Crippen LogP contribution is 2.11. The number of anilines is 2. The predicted molar refractivity (Wildman–Crippen MR) is 72.2 cm³/mol. The zero-order valence-corrected chi connectivity index (χ0v) is 11.1. The Labute approximate surface area is 111 Å². The molecule has 2 aromatic heterocycles. The summed E-state index contributed by atoms with van der Waals surface area (Å²) in [4.78, 5) is 16.0. The average molecular weight is 260 g/mol. The van der Waals surface area contributed by atoms with Crippen molar-refractivity contribution in [3.8, 4) is 0 Å². The van der Waals surface area contributed by atoms with Gasteiger partial charge in [0.05, 0.1) is 11.9 Å². The lowest BCUT2D eigenvalue weighted by atomic mass is 10.3. The number of amides is 1. The summed E-state index contributed by atoms with van der Waals surface area (Å²) in [5.74, 6) is 0.706. The molecule has 0 bridgehead atoms. The first-order chi connectivity index (χ1) is 9.04. The summed E-state index contributed by atoms with van der Waals surface area (Å²) in [6.45, 7) is 5.83. The van der Waals surface area contributed by atoms with Crippen LogP contribution >= 0.6 is 0 Å². The Morgan fingerprint density at radius 3 is 2.68 bits per heavy atom. The first-order valence-electron chi connectivity index (χ1n) is 6.02. The van der Waals surface area contributed by atoms with Crippen LogP contribution in [-0.2, 0) is 0 Å². The number of nitrogens with zero attached hydrogens (tertiary/aromatic N) is 2. The van der Waals surface area contributed by atoms with Crippen LogP contribution in [0.25, 0.3) is 0 Å². The van der Waals surface area contributed by atoms with Crippen molar-refractivity contribution < 1.29 is 9.32 Å². The molecule has 0 saturated carbocycles. The molecule has 2 heterocycles. The van der Waals surface area contributed by atoms with Crippen molar-refractivity contribution >= 4 is 17.4 Å². The van der Waals surface area contributed by atoms with E-state index in [0.717, 1.165) is 5.69 Å². The molecule has 0 radical (unpaired) electrons. The molecule has 0 saturated heterocycles. The molecule has 6 heteroatoms. The minimum absolute atomic E-state index is 0.315. The summed E-state index contributed by atoms with van der Waals surface area (Å²) in [6.07, 6.45) is 1.63. The molecule has 6 nitrogen and oxygen atoms in total. The van der Waals surface area contributed by atoms with E-state index in [1.54, 1.807) is 25.3 Å². The van der Waals surface area contributed by atoms with Crippen molar-refractivity contribution in [2.75, 3.05) is 10.6 Å². The van der Waals surface area contributed by atoms with Crippen LogP contribution in [0.5, 0.6) is 0 Å². The Morgan fingerprint density at radius 1 is 1.37 bits per heavy atom. The van der Waals surface area contributed by atoms with Crippen molar-refractivity contribution in [2.45, 2.75) is 26.8 Å². The van der Waals surface area contributed by atoms with Crippen molar-refractivity contribution in [1.82, 2.24) is 10.1 Å². The van der Waals surface area contributed by atoms with E-state index < -0.39 is 0 Å². The van der Waals surface area contributed by atoms with Crippen LogP contribution in [0.3, 0.4) is 0 Å². The summed E-state index contributed by atoms with van der Waals surface area (Å²) < 4.78 is 4.87. The number of carbonyl (C=O) groups excluding carboxylic acids is 1.